The Kier molecular flexibility index (Phi) is 6.33. The molecule has 1 unspecified atom stereocenters. The lowest BCUT2D eigenvalue weighted by Crippen LogP contribution is -2.61. The number of nitrogens with zero attached hydrogens (tertiary/aromatic N) is 2. The molecule has 2 heterocycles. The molecule has 8 heteroatoms. The molecule has 3 N–H and O–H groups in total. The van der Waals surface area contributed by atoms with Gasteiger partial charge < -0.3 is 20.4 Å². The van der Waals surface area contributed by atoms with Crippen LogP contribution in [0.3, 0.4) is 0 Å². The summed E-state index contributed by atoms with van der Waals surface area (Å²) >= 11 is 1.62. The molecule has 7 nitrogen and oxygen atoms in total. The van der Waals surface area contributed by atoms with Crippen LogP contribution in [-0.2, 0) is 4.79 Å². The quantitative estimate of drug-likeness (QED) is 0.496. The van der Waals surface area contributed by atoms with Gasteiger partial charge in [0.05, 0.1) is 11.2 Å². The third-order valence-electron chi connectivity index (χ3n) is 8.14. The number of anilines is 1. The second-order valence-electron chi connectivity index (χ2n) is 10.8. The Morgan fingerprint density at radius 3 is 2.67 bits per heavy atom. The molecule has 1 amide bonds. The summed E-state index contributed by atoms with van der Waals surface area (Å²) in [6.07, 6.45) is 6.83. The van der Waals surface area contributed by atoms with Crippen molar-refractivity contribution in [2.24, 2.45) is 23.7 Å². The molecular formula is C25H35N3O4S. The van der Waals surface area contributed by atoms with E-state index in [1.54, 1.807) is 11.8 Å². The fourth-order valence-electron chi connectivity index (χ4n) is 6.99. The number of aromatic nitrogens is 1. The highest BCUT2D eigenvalue weighted by Crippen LogP contribution is 2.55. The minimum atomic E-state index is -0.752. The predicted molar refractivity (Wildman–Crippen MR) is 128 cm³/mol. The Labute approximate surface area is 199 Å². The van der Waals surface area contributed by atoms with E-state index in [2.05, 4.69) is 17.1 Å². The Balaban J connectivity index is 1.31. The van der Waals surface area contributed by atoms with Crippen LogP contribution in [0.1, 0.15) is 68.6 Å². The van der Waals surface area contributed by atoms with Gasteiger partial charge in [0.15, 0.2) is 0 Å². The van der Waals surface area contributed by atoms with Crippen LogP contribution < -0.4 is 10.2 Å². The van der Waals surface area contributed by atoms with Crippen LogP contribution in [-0.4, -0.2) is 57.6 Å². The lowest BCUT2D eigenvalue weighted by Gasteiger charge is -2.58. The molecule has 4 bridgehead atoms. The third-order valence-corrected chi connectivity index (χ3v) is 9.34. The van der Waals surface area contributed by atoms with E-state index in [4.69, 9.17) is 10.1 Å². The van der Waals surface area contributed by atoms with E-state index >= 15 is 0 Å². The predicted octanol–water partition coefficient (Wildman–Crippen LogP) is 3.55. The lowest BCUT2D eigenvalue weighted by atomic mass is 9.52. The molecule has 1 aromatic heterocycles. The van der Waals surface area contributed by atoms with Gasteiger partial charge in [-0.15, -0.1) is 11.8 Å². The largest absolute Gasteiger partial charge is 0.481 e. The number of pyridine rings is 1. The Bertz CT molecular complexity index is 909. The van der Waals surface area contributed by atoms with Crippen LogP contribution in [0.2, 0.25) is 0 Å². The maximum Gasteiger partial charge on any atom is 0.303 e. The number of carboxylic acids is 1. The number of aliphatic hydroxyl groups is 1. The number of hydrogen-bond donors (Lipinski definition) is 3. The monoisotopic (exact) mass is 473 g/mol. The van der Waals surface area contributed by atoms with E-state index < -0.39 is 11.6 Å². The molecule has 1 aliphatic heterocycles. The average molecular weight is 474 g/mol. The van der Waals surface area contributed by atoms with Crippen LogP contribution in [0.5, 0.6) is 0 Å². The summed E-state index contributed by atoms with van der Waals surface area (Å²) in [6.45, 7) is 3.61. The molecule has 33 heavy (non-hydrogen) atoms. The first-order valence-electron chi connectivity index (χ1n) is 12.5. The normalized spacial score (nSPS) is 34.6. The number of hydrogen-bond acceptors (Lipinski definition) is 6. The molecule has 4 saturated carbocycles. The highest BCUT2D eigenvalue weighted by atomic mass is 32.2. The fraction of sp³-hybridized carbons (Fsp3) is 0.720. The topological polar surface area (TPSA) is 103 Å². The number of thioether (sulfide) groups is 1. The second kappa shape index (κ2) is 9.10. The van der Waals surface area contributed by atoms with Crippen molar-refractivity contribution in [3.05, 3.63) is 17.7 Å². The molecule has 6 rings (SSSR count). The van der Waals surface area contributed by atoms with Crippen LogP contribution in [0.25, 0.3) is 0 Å². The average Bonchev–Trinajstić information content (AvgIpc) is 3.21. The van der Waals surface area contributed by atoms with Gasteiger partial charge in [0.2, 0.25) is 0 Å². The summed E-state index contributed by atoms with van der Waals surface area (Å²) in [5.41, 5.74) is 0.128. The molecule has 4 aliphatic carbocycles. The van der Waals surface area contributed by atoms with Gasteiger partial charge in [-0.3, -0.25) is 9.59 Å². The Morgan fingerprint density at radius 1 is 1.24 bits per heavy atom. The summed E-state index contributed by atoms with van der Waals surface area (Å²) in [5.74, 6) is 2.42. The van der Waals surface area contributed by atoms with E-state index in [-0.39, 0.29) is 24.3 Å². The van der Waals surface area contributed by atoms with Gasteiger partial charge in [-0.25, -0.2) is 4.98 Å². The molecule has 5 fully saturated rings. The smallest absolute Gasteiger partial charge is 0.303 e. The Hall–Kier alpha value is -1.80. The van der Waals surface area contributed by atoms with Gasteiger partial charge in [0.25, 0.3) is 5.91 Å². The van der Waals surface area contributed by atoms with Crippen LogP contribution in [0, 0.1) is 23.7 Å². The minimum Gasteiger partial charge on any atom is -0.481 e. The first-order valence-corrected chi connectivity index (χ1v) is 13.5. The Morgan fingerprint density at radius 2 is 2.00 bits per heavy atom. The maximum absolute atomic E-state index is 13.4. The minimum absolute atomic E-state index is 0.0534. The molecular weight excluding hydrogens is 438 g/mol. The number of aliphatic carboxylic acids is 1. The van der Waals surface area contributed by atoms with Gasteiger partial charge in [0, 0.05) is 25.6 Å². The van der Waals surface area contributed by atoms with Gasteiger partial charge in [-0.2, -0.15) is 0 Å². The molecule has 1 aromatic rings. The van der Waals surface area contributed by atoms with E-state index in [0.29, 0.717) is 29.9 Å². The van der Waals surface area contributed by atoms with Crippen LogP contribution in [0.4, 0.5) is 5.82 Å². The van der Waals surface area contributed by atoms with Gasteiger partial charge in [-0.05, 0) is 86.5 Å². The molecule has 0 aromatic carbocycles. The zero-order valence-corrected chi connectivity index (χ0v) is 20.1. The lowest BCUT2D eigenvalue weighted by molar-refractivity contribution is -0.138. The SMILES string of the molecule is CCCSc1nc(N2CCC(CC(=O)O)C2)ccc1C(=O)NC1[C@H]2CC3C[C@H]1CC(O)(C3)C2. The van der Waals surface area contributed by atoms with Crippen molar-refractivity contribution >= 4 is 29.5 Å². The molecule has 0 radical (unpaired) electrons. The third kappa shape index (κ3) is 4.74. The van der Waals surface area contributed by atoms with E-state index in [0.717, 1.165) is 68.1 Å². The van der Waals surface area contributed by atoms with Crippen molar-refractivity contribution in [3.63, 3.8) is 0 Å². The second-order valence-corrected chi connectivity index (χ2v) is 11.8. The van der Waals surface area contributed by atoms with Gasteiger partial charge in [0.1, 0.15) is 10.8 Å². The van der Waals surface area contributed by atoms with Crippen molar-refractivity contribution in [2.75, 3.05) is 23.7 Å². The zero-order valence-electron chi connectivity index (χ0n) is 19.3. The number of carbonyl (C=O) groups excluding carboxylic acids is 1. The maximum atomic E-state index is 13.4. The number of rotatable bonds is 8. The number of nitrogens with one attached hydrogen (secondary N) is 1. The van der Waals surface area contributed by atoms with E-state index in [9.17, 15) is 14.7 Å². The molecule has 5 aliphatic rings. The highest BCUT2D eigenvalue weighted by Gasteiger charge is 2.55. The standard InChI is InChI=1S/C25H35N3O4S/c1-2-7-33-24-19(3-4-20(26-24)28-6-5-15(14-28)10-21(29)30)23(31)27-22-17-8-16-9-18(22)13-25(32,11-16)12-17/h3-4,15-18,22,32H,2,5-14H2,1H3,(H,27,31)(H,29,30)/t15?,16?,17-,18-,22?,25?/m0/s1. The fourth-order valence-corrected chi connectivity index (χ4v) is 7.86. The first kappa shape index (κ1) is 23.0. The molecule has 180 valence electrons. The van der Waals surface area contributed by atoms with Gasteiger partial charge >= 0.3 is 5.97 Å². The molecule has 3 atom stereocenters. The first-order chi connectivity index (χ1) is 15.8. The van der Waals surface area contributed by atoms with Crippen molar-refractivity contribution in [3.8, 4) is 0 Å². The molecule has 1 saturated heterocycles. The summed E-state index contributed by atoms with van der Waals surface area (Å²) in [7, 11) is 0. The van der Waals surface area contributed by atoms with Crippen molar-refractivity contribution in [1.82, 2.24) is 10.3 Å². The number of carboxylic acid groups (broad SMARTS) is 1. The van der Waals surface area contributed by atoms with Gasteiger partial charge in [-0.1, -0.05) is 6.92 Å². The highest BCUT2D eigenvalue weighted by molar-refractivity contribution is 7.99. The van der Waals surface area contributed by atoms with Crippen molar-refractivity contribution in [2.45, 2.75) is 75.0 Å². The molecule has 0 spiro atoms. The number of amides is 1. The number of carbonyl (C=O) groups is 2. The van der Waals surface area contributed by atoms with Crippen LogP contribution >= 0.6 is 11.8 Å². The van der Waals surface area contributed by atoms with Crippen LogP contribution in [0.15, 0.2) is 17.2 Å². The van der Waals surface area contributed by atoms with Crippen molar-refractivity contribution in [1.29, 1.82) is 0 Å². The van der Waals surface area contributed by atoms with E-state index in [1.807, 2.05) is 12.1 Å². The van der Waals surface area contributed by atoms with Crippen molar-refractivity contribution < 1.29 is 19.8 Å². The zero-order chi connectivity index (χ0) is 23.2. The summed E-state index contributed by atoms with van der Waals surface area (Å²) < 4.78 is 0. The van der Waals surface area contributed by atoms with E-state index in [1.165, 1.54) is 0 Å². The summed E-state index contributed by atoms with van der Waals surface area (Å²) in [4.78, 5) is 31.5. The summed E-state index contributed by atoms with van der Waals surface area (Å²) in [5, 5.41) is 24.1. The summed E-state index contributed by atoms with van der Waals surface area (Å²) in [6, 6.07) is 3.95.